The Bertz CT molecular complexity index is 632. The lowest BCUT2D eigenvalue weighted by Gasteiger charge is -2.33. The van der Waals surface area contributed by atoms with Crippen molar-refractivity contribution in [3.8, 4) is 0 Å². The highest BCUT2D eigenvalue weighted by molar-refractivity contribution is 5.27. The maximum atomic E-state index is 9.12. The summed E-state index contributed by atoms with van der Waals surface area (Å²) < 4.78 is 1.89. The summed E-state index contributed by atoms with van der Waals surface area (Å²) >= 11 is 0. The molecule has 0 spiro atoms. The van der Waals surface area contributed by atoms with Crippen LogP contribution in [0.4, 0.5) is 0 Å². The zero-order chi connectivity index (χ0) is 17.0. The third kappa shape index (κ3) is 3.82. The smallest absolute Gasteiger partial charge is 0.0644 e. The van der Waals surface area contributed by atoms with E-state index in [9.17, 15) is 0 Å². The average Bonchev–Trinajstić information content (AvgIpc) is 2.80. The Balaban J connectivity index is 2.09. The highest BCUT2D eigenvalue weighted by Crippen LogP contribution is 2.27. The number of rotatable bonds is 7. The van der Waals surface area contributed by atoms with Crippen LogP contribution in [0.25, 0.3) is 0 Å². The Morgan fingerprint density at radius 1 is 1.22 bits per heavy atom. The molecule has 1 aromatic heterocycles. The summed E-state index contributed by atoms with van der Waals surface area (Å²) in [6, 6.07) is 10.9. The van der Waals surface area contributed by atoms with E-state index < -0.39 is 0 Å². The lowest BCUT2D eigenvalue weighted by molar-refractivity contribution is 0.267. The summed E-state index contributed by atoms with van der Waals surface area (Å²) in [7, 11) is 0. The molecule has 0 aliphatic rings. The summed E-state index contributed by atoms with van der Waals surface area (Å²) in [5, 5.41) is 17.3. The summed E-state index contributed by atoms with van der Waals surface area (Å²) in [6.45, 7) is 12.3. The third-order valence-electron chi connectivity index (χ3n) is 5.03. The number of nitrogens with zero attached hydrogens (tertiary/aromatic N) is 2. The number of aromatic nitrogens is 2. The molecule has 1 aromatic carbocycles. The van der Waals surface area contributed by atoms with E-state index in [1.165, 1.54) is 11.1 Å². The lowest BCUT2D eigenvalue weighted by atomic mass is 9.78. The fourth-order valence-corrected chi connectivity index (χ4v) is 2.93. The van der Waals surface area contributed by atoms with Crippen molar-refractivity contribution in [2.24, 2.45) is 0 Å². The summed E-state index contributed by atoms with van der Waals surface area (Å²) in [6.07, 6.45) is 0. The van der Waals surface area contributed by atoms with Crippen molar-refractivity contribution in [3.63, 3.8) is 0 Å². The molecule has 0 amide bonds. The van der Waals surface area contributed by atoms with E-state index >= 15 is 0 Å². The van der Waals surface area contributed by atoms with E-state index in [2.05, 4.69) is 68.4 Å². The quantitative estimate of drug-likeness (QED) is 0.826. The van der Waals surface area contributed by atoms with Crippen LogP contribution in [-0.4, -0.2) is 27.5 Å². The number of aliphatic hydroxyl groups is 1. The van der Waals surface area contributed by atoms with Gasteiger partial charge in [-0.3, -0.25) is 4.68 Å². The molecule has 0 fully saturated rings. The molecule has 0 saturated heterocycles. The maximum absolute atomic E-state index is 9.12. The first kappa shape index (κ1) is 17.7. The Hall–Kier alpha value is -1.65. The topological polar surface area (TPSA) is 50.1 Å². The molecule has 1 unspecified atom stereocenters. The van der Waals surface area contributed by atoms with Gasteiger partial charge in [0.05, 0.1) is 18.8 Å². The van der Waals surface area contributed by atoms with Gasteiger partial charge in [0.25, 0.3) is 0 Å². The van der Waals surface area contributed by atoms with Gasteiger partial charge in [0.2, 0.25) is 0 Å². The Kier molecular flexibility index (Phi) is 5.60. The van der Waals surface area contributed by atoms with E-state index in [0.717, 1.165) is 17.9 Å². The molecule has 0 aliphatic heterocycles. The SMILES string of the molecule is Cc1nn(CCO)c(C)c1CNC(C)C(C)(C)c1ccccc1. The largest absolute Gasteiger partial charge is 0.394 e. The molecule has 1 atom stereocenters. The van der Waals surface area contributed by atoms with Gasteiger partial charge in [-0.15, -0.1) is 0 Å². The van der Waals surface area contributed by atoms with E-state index in [4.69, 9.17) is 5.11 Å². The van der Waals surface area contributed by atoms with Crippen LogP contribution in [0.5, 0.6) is 0 Å². The lowest BCUT2D eigenvalue weighted by Crippen LogP contribution is -2.42. The molecule has 23 heavy (non-hydrogen) atoms. The molecule has 4 nitrogen and oxygen atoms in total. The molecular formula is C19H29N3O. The van der Waals surface area contributed by atoms with Gasteiger partial charge in [-0.1, -0.05) is 44.2 Å². The second kappa shape index (κ2) is 7.28. The number of nitrogens with one attached hydrogen (secondary N) is 1. The van der Waals surface area contributed by atoms with Crippen molar-refractivity contribution in [1.29, 1.82) is 0 Å². The first-order valence-corrected chi connectivity index (χ1v) is 8.30. The minimum atomic E-state index is 0.0458. The standard InChI is InChI=1S/C19H29N3O/c1-14-18(15(2)22(21-14)11-12-23)13-20-16(3)19(4,5)17-9-7-6-8-10-17/h6-10,16,20,23H,11-13H2,1-5H3. The van der Waals surface area contributed by atoms with Crippen LogP contribution in [0.2, 0.25) is 0 Å². The number of aryl methyl sites for hydroxylation is 1. The second-order valence-electron chi connectivity index (χ2n) is 6.79. The number of hydrogen-bond donors (Lipinski definition) is 2. The normalized spacial score (nSPS) is 13.3. The molecular weight excluding hydrogens is 286 g/mol. The fraction of sp³-hybridized carbons (Fsp3) is 0.526. The van der Waals surface area contributed by atoms with Crippen molar-refractivity contribution >= 4 is 0 Å². The van der Waals surface area contributed by atoms with Gasteiger partial charge in [0.1, 0.15) is 0 Å². The van der Waals surface area contributed by atoms with Crippen LogP contribution in [0.15, 0.2) is 30.3 Å². The average molecular weight is 315 g/mol. The first-order valence-electron chi connectivity index (χ1n) is 8.30. The van der Waals surface area contributed by atoms with Crippen molar-refractivity contribution in [3.05, 3.63) is 52.8 Å². The summed E-state index contributed by atoms with van der Waals surface area (Å²) in [5.74, 6) is 0. The molecule has 0 saturated carbocycles. The van der Waals surface area contributed by atoms with E-state index in [-0.39, 0.29) is 12.0 Å². The van der Waals surface area contributed by atoms with Crippen molar-refractivity contribution < 1.29 is 5.11 Å². The van der Waals surface area contributed by atoms with Crippen molar-refractivity contribution in [1.82, 2.24) is 15.1 Å². The van der Waals surface area contributed by atoms with Gasteiger partial charge in [-0.25, -0.2) is 0 Å². The van der Waals surface area contributed by atoms with Crippen LogP contribution in [-0.2, 0) is 18.5 Å². The van der Waals surface area contributed by atoms with Gasteiger partial charge in [0.15, 0.2) is 0 Å². The predicted molar refractivity (Wildman–Crippen MR) is 94.6 cm³/mol. The van der Waals surface area contributed by atoms with Crippen molar-refractivity contribution in [2.45, 2.75) is 59.2 Å². The molecule has 4 heteroatoms. The Morgan fingerprint density at radius 2 is 1.87 bits per heavy atom. The molecule has 0 bridgehead atoms. The molecule has 2 rings (SSSR count). The molecule has 0 radical (unpaired) electrons. The number of benzene rings is 1. The molecule has 126 valence electrons. The Morgan fingerprint density at radius 3 is 2.48 bits per heavy atom. The Labute approximate surface area is 139 Å². The minimum absolute atomic E-state index is 0.0458. The van der Waals surface area contributed by atoms with Gasteiger partial charge in [-0.05, 0) is 26.3 Å². The first-order chi connectivity index (χ1) is 10.9. The molecule has 2 aromatic rings. The van der Waals surface area contributed by atoms with Crippen LogP contribution in [0, 0.1) is 13.8 Å². The zero-order valence-corrected chi connectivity index (χ0v) is 14.9. The van der Waals surface area contributed by atoms with Crippen molar-refractivity contribution in [2.75, 3.05) is 6.61 Å². The van der Waals surface area contributed by atoms with E-state index in [0.29, 0.717) is 12.6 Å². The van der Waals surface area contributed by atoms with E-state index in [1.807, 2.05) is 11.6 Å². The molecule has 0 aliphatic carbocycles. The fourth-order valence-electron chi connectivity index (χ4n) is 2.93. The summed E-state index contributed by atoms with van der Waals surface area (Å²) in [5.41, 5.74) is 4.78. The van der Waals surface area contributed by atoms with Crippen LogP contribution < -0.4 is 5.32 Å². The second-order valence-corrected chi connectivity index (χ2v) is 6.79. The minimum Gasteiger partial charge on any atom is -0.394 e. The molecule has 2 N–H and O–H groups in total. The van der Waals surface area contributed by atoms with Crippen LogP contribution in [0.3, 0.4) is 0 Å². The highest BCUT2D eigenvalue weighted by atomic mass is 16.3. The van der Waals surface area contributed by atoms with Gasteiger partial charge in [0, 0.05) is 29.3 Å². The van der Waals surface area contributed by atoms with Crippen LogP contribution >= 0.6 is 0 Å². The zero-order valence-electron chi connectivity index (χ0n) is 14.9. The third-order valence-corrected chi connectivity index (χ3v) is 5.03. The van der Waals surface area contributed by atoms with Crippen LogP contribution in [0.1, 0.15) is 43.3 Å². The van der Waals surface area contributed by atoms with Gasteiger partial charge in [-0.2, -0.15) is 5.10 Å². The van der Waals surface area contributed by atoms with Gasteiger partial charge >= 0.3 is 0 Å². The highest BCUT2D eigenvalue weighted by Gasteiger charge is 2.27. The maximum Gasteiger partial charge on any atom is 0.0644 e. The summed E-state index contributed by atoms with van der Waals surface area (Å²) in [4.78, 5) is 0. The number of aliphatic hydroxyl groups excluding tert-OH is 1. The number of hydrogen-bond acceptors (Lipinski definition) is 3. The predicted octanol–water partition coefficient (Wildman–Crippen LogP) is 2.95. The molecule has 1 heterocycles. The van der Waals surface area contributed by atoms with Gasteiger partial charge < -0.3 is 10.4 Å². The van der Waals surface area contributed by atoms with E-state index in [1.54, 1.807) is 0 Å². The monoisotopic (exact) mass is 315 g/mol.